The van der Waals surface area contributed by atoms with Crippen molar-refractivity contribution in [3.05, 3.63) is 22.3 Å². The first-order valence-corrected chi connectivity index (χ1v) is 3.28. The predicted octanol–water partition coefficient (Wildman–Crippen LogP) is -0.792. The molecule has 0 radical (unpaired) electrons. The third kappa shape index (κ3) is 1.05. The molecular formula is C8HN2O4-. The first-order chi connectivity index (χ1) is 6.54. The Kier molecular flexibility index (Phi) is 2.11. The van der Waals surface area contributed by atoms with Crippen LogP contribution < -0.4 is 0 Å². The number of carbonyl (C=O) groups excluding carboxylic acids is 3. The molecule has 0 atom stereocenters. The number of rotatable bonds is 0. The molecule has 6 heteroatoms. The van der Waals surface area contributed by atoms with Crippen LogP contribution in [0, 0.1) is 11.3 Å². The minimum Gasteiger partial charge on any atom is -0.763 e. The lowest BCUT2D eigenvalue weighted by molar-refractivity contribution is -0.134. The van der Waals surface area contributed by atoms with Crippen LogP contribution in [0.2, 0.25) is 0 Å². The fourth-order valence-electron chi connectivity index (χ4n) is 0.875. The second-order valence-electron chi connectivity index (χ2n) is 2.31. The highest BCUT2D eigenvalue weighted by atomic mass is 16.3. The van der Waals surface area contributed by atoms with Gasteiger partial charge in [-0.1, -0.05) is 0 Å². The van der Waals surface area contributed by atoms with Crippen molar-refractivity contribution in [1.29, 1.82) is 5.26 Å². The summed E-state index contributed by atoms with van der Waals surface area (Å²) in [6.45, 7) is 0. The standard InChI is InChI=1S/C8HN2O4/c9-1-3-5(11)7(13)4(2-10)8(14)6(3)12/h11H/q-1. The average Bonchev–Trinajstić information content (AvgIpc) is 2.17. The van der Waals surface area contributed by atoms with Crippen LogP contribution in [0.25, 0.3) is 5.41 Å². The van der Waals surface area contributed by atoms with Crippen molar-refractivity contribution in [2.45, 2.75) is 0 Å². The molecule has 0 aromatic heterocycles. The molecule has 14 heavy (non-hydrogen) atoms. The largest absolute Gasteiger partial charge is 0.763 e. The molecule has 0 aromatic rings. The van der Waals surface area contributed by atoms with Crippen molar-refractivity contribution in [3.8, 4) is 6.07 Å². The van der Waals surface area contributed by atoms with Crippen LogP contribution >= 0.6 is 0 Å². The Morgan fingerprint density at radius 3 is 2.14 bits per heavy atom. The fraction of sp³-hybridized carbons (Fsp3) is 0. The summed E-state index contributed by atoms with van der Waals surface area (Å²) in [5.74, 6) is -3.91. The van der Waals surface area contributed by atoms with E-state index in [1.54, 1.807) is 0 Å². The number of nitrogens with zero attached hydrogens (tertiary/aromatic N) is 2. The molecule has 0 saturated heterocycles. The molecule has 68 valence electrons. The summed E-state index contributed by atoms with van der Waals surface area (Å²) in [7, 11) is 0. The number of allylic oxidation sites excluding steroid dienone is 2. The van der Waals surface area contributed by atoms with Gasteiger partial charge >= 0.3 is 0 Å². The van der Waals surface area contributed by atoms with E-state index in [1.165, 1.54) is 11.9 Å². The van der Waals surface area contributed by atoms with Crippen molar-refractivity contribution in [2.75, 3.05) is 0 Å². The van der Waals surface area contributed by atoms with Gasteiger partial charge in [-0.05, 0) is 0 Å². The number of ketones is 3. The van der Waals surface area contributed by atoms with Crippen LogP contribution in [0.4, 0.5) is 0 Å². The molecule has 1 aliphatic rings. The van der Waals surface area contributed by atoms with Gasteiger partial charge in [-0.2, -0.15) is 5.26 Å². The number of carbonyl (C=O) groups is 3. The Labute approximate surface area is 77.3 Å². The Bertz CT molecular complexity index is 486. The Balaban J connectivity index is 3.56. The summed E-state index contributed by atoms with van der Waals surface area (Å²) in [4.78, 5) is 32.9. The zero-order valence-electron chi connectivity index (χ0n) is 6.57. The molecule has 0 amide bonds. The normalized spacial score (nSPS) is 16.8. The molecule has 1 N–H and O–H groups in total. The third-order valence-corrected chi connectivity index (χ3v) is 1.56. The number of aliphatic hydroxyl groups is 1. The smallest absolute Gasteiger partial charge is 0.248 e. The molecule has 0 unspecified atom stereocenters. The Morgan fingerprint density at radius 1 is 1.14 bits per heavy atom. The lowest BCUT2D eigenvalue weighted by atomic mass is 9.91. The molecule has 1 aliphatic carbocycles. The summed E-state index contributed by atoms with van der Waals surface area (Å²) in [6.07, 6.45) is 0. The molecule has 6 nitrogen and oxygen atoms in total. The van der Waals surface area contributed by atoms with E-state index >= 15 is 0 Å². The van der Waals surface area contributed by atoms with Crippen molar-refractivity contribution in [1.82, 2.24) is 0 Å². The number of hydrogen-bond donors (Lipinski definition) is 1. The molecule has 0 spiro atoms. The van der Waals surface area contributed by atoms with E-state index in [9.17, 15) is 14.4 Å². The van der Waals surface area contributed by atoms with Crippen molar-refractivity contribution >= 4 is 23.2 Å². The summed E-state index contributed by atoms with van der Waals surface area (Å²) in [5.41, 5.74) is -1.88. The zero-order chi connectivity index (χ0) is 10.9. The van der Waals surface area contributed by atoms with Crippen molar-refractivity contribution in [2.24, 2.45) is 0 Å². The van der Waals surface area contributed by atoms with Crippen LogP contribution in [0.3, 0.4) is 0 Å². The molecule has 1 rings (SSSR count). The number of nitriles is 1. The Hall–Kier alpha value is -2.51. The van der Waals surface area contributed by atoms with E-state index in [1.807, 2.05) is 0 Å². The van der Waals surface area contributed by atoms with Gasteiger partial charge in [0.2, 0.25) is 17.3 Å². The number of aliphatic hydroxyl groups excluding tert-OH is 1. The van der Waals surface area contributed by atoms with Gasteiger partial charge in [0.05, 0.1) is 5.57 Å². The van der Waals surface area contributed by atoms with Crippen LogP contribution in [0.15, 0.2) is 16.9 Å². The van der Waals surface area contributed by atoms with E-state index in [0.717, 1.165) is 0 Å². The van der Waals surface area contributed by atoms with Crippen LogP contribution in [-0.4, -0.2) is 28.3 Å². The van der Waals surface area contributed by atoms with Crippen molar-refractivity contribution < 1.29 is 19.5 Å². The summed E-state index contributed by atoms with van der Waals surface area (Å²) in [5, 5.41) is 25.7. The second kappa shape index (κ2) is 3.09. The SMILES string of the molecule is N#CC1=C(O)C(=O)C(=C=[N-])C(=O)C1=O. The molecule has 0 saturated carbocycles. The molecule has 0 aromatic carbocycles. The second-order valence-corrected chi connectivity index (χ2v) is 2.31. The summed E-state index contributed by atoms with van der Waals surface area (Å²) < 4.78 is 0. The van der Waals surface area contributed by atoms with Gasteiger partial charge in [0.15, 0.2) is 5.76 Å². The average molecular weight is 189 g/mol. The molecule has 0 fully saturated rings. The summed E-state index contributed by atoms with van der Waals surface area (Å²) in [6, 6.07) is 1.22. The maximum Gasteiger partial charge on any atom is 0.248 e. The first kappa shape index (κ1) is 9.58. The highest BCUT2D eigenvalue weighted by Crippen LogP contribution is 2.16. The van der Waals surface area contributed by atoms with Gasteiger partial charge in [-0.25, -0.2) is 0 Å². The number of Topliss-reactive ketones (excluding diaryl/α,β-unsaturated/α-hetero) is 3. The predicted molar refractivity (Wildman–Crippen MR) is 42.2 cm³/mol. The minimum absolute atomic E-state index is 0.918. The van der Waals surface area contributed by atoms with Gasteiger partial charge in [0.1, 0.15) is 11.6 Å². The molecular weight excluding hydrogens is 188 g/mol. The lowest BCUT2D eigenvalue weighted by Gasteiger charge is -2.09. The lowest BCUT2D eigenvalue weighted by Crippen LogP contribution is -2.31. The van der Waals surface area contributed by atoms with E-state index in [2.05, 4.69) is 0 Å². The summed E-state index contributed by atoms with van der Waals surface area (Å²) >= 11 is 0. The minimum atomic E-state index is -1.35. The fourth-order valence-corrected chi connectivity index (χ4v) is 0.875. The Morgan fingerprint density at radius 2 is 1.71 bits per heavy atom. The quantitative estimate of drug-likeness (QED) is 0.232. The maximum atomic E-state index is 11.0. The third-order valence-electron chi connectivity index (χ3n) is 1.56. The van der Waals surface area contributed by atoms with E-state index in [0.29, 0.717) is 0 Å². The monoisotopic (exact) mass is 189 g/mol. The van der Waals surface area contributed by atoms with Gasteiger partial charge in [-0.15, -0.1) is 0 Å². The molecule has 0 aliphatic heterocycles. The van der Waals surface area contributed by atoms with Crippen LogP contribution in [-0.2, 0) is 14.4 Å². The first-order valence-electron chi connectivity index (χ1n) is 3.28. The molecule has 0 bridgehead atoms. The van der Waals surface area contributed by atoms with Gasteiger partial charge in [0.25, 0.3) is 0 Å². The van der Waals surface area contributed by atoms with Gasteiger partial charge in [0, 0.05) is 0 Å². The van der Waals surface area contributed by atoms with E-state index < -0.39 is 34.3 Å². The zero-order valence-corrected chi connectivity index (χ0v) is 6.57. The topological polar surface area (TPSA) is 118 Å². The highest BCUT2D eigenvalue weighted by Gasteiger charge is 2.37. The van der Waals surface area contributed by atoms with Crippen LogP contribution in [0.1, 0.15) is 0 Å². The molecule has 0 heterocycles. The van der Waals surface area contributed by atoms with Crippen molar-refractivity contribution in [3.63, 3.8) is 0 Å². The van der Waals surface area contributed by atoms with E-state index in [-0.39, 0.29) is 0 Å². The highest BCUT2D eigenvalue weighted by molar-refractivity contribution is 6.60. The van der Waals surface area contributed by atoms with E-state index in [4.69, 9.17) is 15.8 Å². The van der Waals surface area contributed by atoms with Gasteiger partial charge < -0.3 is 10.5 Å². The van der Waals surface area contributed by atoms with Crippen LogP contribution in [0.5, 0.6) is 0 Å². The maximum absolute atomic E-state index is 11.0. The number of hydrogen-bond acceptors (Lipinski definition) is 5. The van der Waals surface area contributed by atoms with Gasteiger partial charge in [-0.3, -0.25) is 20.3 Å².